The number of hydrogen-bond donors (Lipinski definition) is 0. The summed E-state index contributed by atoms with van der Waals surface area (Å²) < 4.78 is 14.9. The standard InChI is InChI=1S/C42H25N3O2/c1-2-12-31-30(11-1)29(21-22-38(31)45-36-17-7-3-13-32(36)33-14-4-8-18-37(33)45)26-23-27(41-43-34-15-5-9-19-39(34)46-41)25-28(24-26)42-44-35-16-6-10-20-40(35)47-42/h1-25H. The van der Waals surface area contributed by atoms with E-state index in [9.17, 15) is 0 Å². The first-order valence-electron chi connectivity index (χ1n) is 15.7. The Morgan fingerprint density at radius 2 is 0.872 bits per heavy atom. The van der Waals surface area contributed by atoms with Crippen LogP contribution in [-0.2, 0) is 0 Å². The van der Waals surface area contributed by atoms with E-state index in [1.54, 1.807) is 0 Å². The molecule has 0 aliphatic rings. The summed E-state index contributed by atoms with van der Waals surface area (Å²) in [4.78, 5) is 9.68. The minimum Gasteiger partial charge on any atom is -0.436 e. The van der Waals surface area contributed by atoms with E-state index in [1.165, 1.54) is 21.8 Å². The van der Waals surface area contributed by atoms with Crippen LogP contribution in [0.4, 0.5) is 0 Å². The maximum absolute atomic E-state index is 6.27. The molecule has 0 saturated heterocycles. The van der Waals surface area contributed by atoms with Crippen LogP contribution in [0.1, 0.15) is 0 Å². The van der Waals surface area contributed by atoms with Crippen molar-refractivity contribution in [1.82, 2.24) is 14.5 Å². The lowest BCUT2D eigenvalue weighted by Gasteiger charge is -2.15. The third-order valence-electron chi connectivity index (χ3n) is 9.05. The lowest BCUT2D eigenvalue weighted by atomic mass is 9.94. The summed E-state index contributed by atoms with van der Waals surface area (Å²) in [6.07, 6.45) is 0. The van der Waals surface area contributed by atoms with E-state index in [0.29, 0.717) is 11.8 Å². The van der Waals surface area contributed by atoms with Crippen LogP contribution in [0.2, 0.25) is 0 Å². The summed E-state index contributed by atoms with van der Waals surface area (Å²) in [7, 11) is 0. The zero-order valence-corrected chi connectivity index (χ0v) is 25.1. The Morgan fingerprint density at radius 1 is 0.404 bits per heavy atom. The van der Waals surface area contributed by atoms with E-state index in [0.717, 1.165) is 60.9 Å². The summed E-state index contributed by atoms with van der Waals surface area (Å²) >= 11 is 0. The molecular weight excluding hydrogens is 578 g/mol. The largest absolute Gasteiger partial charge is 0.436 e. The van der Waals surface area contributed by atoms with Gasteiger partial charge in [0.2, 0.25) is 11.8 Å². The number of benzene rings is 7. The van der Waals surface area contributed by atoms with Gasteiger partial charge in [-0.15, -0.1) is 0 Å². The molecule has 0 spiro atoms. The molecule has 0 unspecified atom stereocenters. The van der Waals surface area contributed by atoms with Gasteiger partial charge in [0.05, 0.1) is 16.7 Å². The van der Waals surface area contributed by atoms with Gasteiger partial charge >= 0.3 is 0 Å². The lowest BCUT2D eigenvalue weighted by molar-refractivity contribution is 0.617. The second-order valence-corrected chi connectivity index (χ2v) is 11.8. The van der Waals surface area contributed by atoms with Gasteiger partial charge in [-0.05, 0) is 77.2 Å². The van der Waals surface area contributed by atoms with Gasteiger partial charge in [0.15, 0.2) is 11.2 Å². The number of fused-ring (bicyclic) bond motifs is 6. The molecule has 10 aromatic rings. The third kappa shape index (κ3) is 4.03. The molecule has 47 heavy (non-hydrogen) atoms. The molecule has 0 saturated carbocycles. The van der Waals surface area contributed by atoms with Crippen LogP contribution in [0.25, 0.3) is 94.5 Å². The maximum atomic E-state index is 6.27. The second kappa shape index (κ2) is 10.0. The van der Waals surface area contributed by atoms with Crippen molar-refractivity contribution in [2.45, 2.75) is 0 Å². The number of oxazole rings is 2. The highest BCUT2D eigenvalue weighted by Crippen LogP contribution is 2.40. The minimum atomic E-state index is 0.552. The van der Waals surface area contributed by atoms with Crippen molar-refractivity contribution in [2.24, 2.45) is 0 Å². The molecular formula is C42H25N3O2. The molecule has 5 nitrogen and oxygen atoms in total. The third-order valence-corrected chi connectivity index (χ3v) is 9.05. The highest BCUT2D eigenvalue weighted by Gasteiger charge is 2.19. The van der Waals surface area contributed by atoms with Gasteiger partial charge in [0, 0.05) is 27.3 Å². The Morgan fingerprint density at radius 3 is 1.45 bits per heavy atom. The summed E-state index contributed by atoms with van der Waals surface area (Å²) in [6, 6.07) is 52.4. The number of nitrogens with zero attached hydrogens (tertiary/aromatic N) is 3. The predicted molar refractivity (Wildman–Crippen MR) is 190 cm³/mol. The van der Waals surface area contributed by atoms with Crippen molar-refractivity contribution < 1.29 is 8.83 Å². The second-order valence-electron chi connectivity index (χ2n) is 11.8. The molecule has 220 valence electrons. The number of para-hydroxylation sites is 6. The molecule has 0 aliphatic heterocycles. The van der Waals surface area contributed by atoms with E-state index in [1.807, 2.05) is 54.6 Å². The van der Waals surface area contributed by atoms with Gasteiger partial charge in [0.25, 0.3) is 0 Å². The maximum Gasteiger partial charge on any atom is 0.227 e. The van der Waals surface area contributed by atoms with Crippen LogP contribution in [0.3, 0.4) is 0 Å². The molecule has 3 heterocycles. The van der Waals surface area contributed by atoms with E-state index in [-0.39, 0.29) is 0 Å². The Kier molecular flexibility index (Phi) is 5.51. The average Bonchev–Trinajstić information content (AvgIpc) is 3.85. The molecule has 10 rings (SSSR count). The zero-order valence-electron chi connectivity index (χ0n) is 25.1. The van der Waals surface area contributed by atoms with Crippen LogP contribution in [-0.4, -0.2) is 14.5 Å². The fraction of sp³-hybridized carbons (Fsp3) is 0. The van der Waals surface area contributed by atoms with Gasteiger partial charge in [-0.2, -0.15) is 0 Å². The predicted octanol–water partition coefficient (Wildman–Crippen LogP) is 11.2. The molecule has 0 radical (unpaired) electrons. The Hall–Kier alpha value is -6.46. The van der Waals surface area contributed by atoms with Crippen molar-refractivity contribution >= 4 is 54.8 Å². The van der Waals surface area contributed by atoms with E-state index in [4.69, 9.17) is 18.8 Å². The SMILES string of the molecule is c1ccc2oc(-c3cc(-c4nc5ccccc5o4)cc(-c4ccc(-n5c6ccccc6c6ccccc65)c5ccccc45)c3)nc2c1. The molecule has 0 bridgehead atoms. The zero-order chi connectivity index (χ0) is 30.9. The van der Waals surface area contributed by atoms with Crippen LogP contribution < -0.4 is 0 Å². The first-order valence-corrected chi connectivity index (χ1v) is 15.7. The highest BCUT2D eigenvalue weighted by atomic mass is 16.4. The topological polar surface area (TPSA) is 57.0 Å². The van der Waals surface area contributed by atoms with Crippen molar-refractivity contribution in [3.63, 3.8) is 0 Å². The molecule has 0 N–H and O–H groups in total. The minimum absolute atomic E-state index is 0.552. The van der Waals surface area contributed by atoms with Crippen LogP contribution in [0.15, 0.2) is 160 Å². The first-order chi connectivity index (χ1) is 23.3. The monoisotopic (exact) mass is 603 g/mol. The van der Waals surface area contributed by atoms with Crippen LogP contribution in [0.5, 0.6) is 0 Å². The molecule has 0 amide bonds. The van der Waals surface area contributed by atoms with E-state index in [2.05, 4.69) is 102 Å². The van der Waals surface area contributed by atoms with Crippen molar-refractivity contribution in [2.75, 3.05) is 0 Å². The molecule has 0 atom stereocenters. The Labute approximate surface area is 269 Å². The Bertz CT molecular complexity index is 2610. The summed E-state index contributed by atoms with van der Waals surface area (Å²) in [5, 5.41) is 4.79. The average molecular weight is 604 g/mol. The number of aromatic nitrogens is 3. The Balaban J connectivity index is 1.22. The molecule has 3 aromatic heterocycles. The lowest BCUT2D eigenvalue weighted by Crippen LogP contribution is -1.96. The number of hydrogen-bond acceptors (Lipinski definition) is 4. The van der Waals surface area contributed by atoms with Gasteiger partial charge in [0.1, 0.15) is 11.0 Å². The molecule has 0 aliphatic carbocycles. The molecule has 5 heteroatoms. The van der Waals surface area contributed by atoms with Crippen molar-refractivity contribution in [3.8, 4) is 39.7 Å². The summed E-state index contributed by atoms with van der Waals surface area (Å²) in [5.41, 5.74) is 10.5. The first kappa shape index (κ1) is 25.8. The molecule has 0 fully saturated rings. The van der Waals surface area contributed by atoms with E-state index < -0.39 is 0 Å². The van der Waals surface area contributed by atoms with Gasteiger partial charge < -0.3 is 13.4 Å². The summed E-state index contributed by atoms with van der Waals surface area (Å²) in [5.74, 6) is 1.10. The quantitative estimate of drug-likeness (QED) is 0.201. The molecule has 7 aromatic carbocycles. The smallest absolute Gasteiger partial charge is 0.227 e. The van der Waals surface area contributed by atoms with Gasteiger partial charge in [-0.3, -0.25) is 0 Å². The van der Waals surface area contributed by atoms with E-state index >= 15 is 0 Å². The fourth-order valence-electron chi connectivity index (χ4n) is 6.93. The van der Waals surface area contributed by atoms with Crippen molar-refractivity contribution in [1.29, 1.82) is 0 Å². The van der Waals surface area contributed by atoms with Crippen molar-refractivity contribution in [3.05, 3.63) is 152 Å². The number of rotatable bonds is 4. The highest BCUT2D eigenvalue weighted by molar-refractivity contribution is 6.11. The fourth-order valence-corrected chi connectivity index (χ4v) is 6.93. The normalized spacial score (nSPS) is 11.8. The van der Waals surface area contributed by atoms with Crippen LogP contribution >= 0.6 is 0 Å². The van der Waals surface area contributed by atoms with Gasteiger partial charge in [-0.1, -0.05) is 91.0 Å². The summed E-state index contributed by atoms with van der Waals surface area (Å²) in [6.45, 7) is 0. The van der Waals surface area contributed by atoms with Gasteiger partial charge in [-0.25, -0.2) is 9.97 Å². The van der Waals surface area contributed by atoms with Crippen LogP contribution in [0, 0.1) is 0 Å².